The molecule has 37 heavy (non-hydrogen) atoms. The first-order valence-electron chi connectivity index (χ1n) is 10.5. The lowest BCUT2D eigenvalue weighted by Crippen LogP contribution is -2.54. The summed E-state index contributed by atoms with van der Waals surface area (Å²) >= 11 is 5.90. The number of hydrogen-bond donors (Lipinski definition) is 2. The second kappa shape index (κ2) is 10.3. The van der Waals surface area contributed by atoms with E-state index in [1.807, 2.05) is 6.07 Å². The van der Waals surface area contributed by atoms with E-state index in [2.05, 4.69) is 20.8 Å². The number of alkyl halides is 3. The number of rotatable bonds is 5. The SMILES string of the molecule is N#Cc1cc(Cl)cc(Oc2c(C(F)(F)F)ncn(CC3CC(c4cncc(C#N)c4)C(=O)NN3)c2=O)c1. The summed E-state index contributed by atoms with van der Waals surface area (Å²) in [6.45, 7) is -0.179. The van der Waals surface area contributed by atoms with Crippen molar-refractivity contribution in [1.29, 1.82) is 10.5 Å². The standard InChI is InChI=1S/C23H15ClF3N7O3/c24-15-2-12(6-28)3-17(4-15)37-19-20(23(25,26)27)31-11-34(22(19)36)10-16-5-18(21(35)33-32-16)14-1-13(7-29)8-30-9-14/h1-4,8-9,11,16,18,32H,5,10H2,(H,33,35). The van der Waals surface area contributed by atoms with Crippen LogP contribution in [0.3, 0.4) is 0 Å². The summed E-state index contributed by atoms with van der Waals surface area (Å²) in [5.41, 5.74) is 3.26. The van der Waals surface area contributed by atoms with E-state index in [0.717, 1.165) is 23.0 Å². The Bertz CT molecular complexity index is 1510. The van der Waals surface area contributed by atoms with Gasteiger partial charge in [-0.25, -0.2) is 10.4 Å². The Morgan fingerprint density at radius 1 is 1.14 bits per heavy atom. The highest BCUT2D eigenvalue weighted by molar-refractivity contribution is 6.30. The molecule has 188 valence electrons. The monoisotopic (exact) mass is 529 g/mol. The van der Waals surface area contributed by atoms with Gasteiger partial charge in [0.05, 0.1) is 29.4 Å². The summed E-state index contributed by atoms with van der Waals surface area (Å²) in [6, 6.07) is 8.22. The maximum Gasteiger partial charge on any atom is 0.437 e. The van der Waals surface area contributed by atoms with Gasteiger partial charge in [-0.15, -0.1) is 0 Å². The summed E-state index contributed by atoms with van der Waals surface area (Å²) in [4.78, 5) is 32.9. The average Bonchev–Trinajstić information content (AvgIpc) is 2.86. The number of pyridine rings is 1. The normalized spacial score (nSPS) is 17.4. The summed E-state index contributed by atoms with van der Waals surface area (Å²) in [5, 5.41) is 18.2. The number of carbonyl (C=O) groups excluding carboxylic acids is 1. The third-order valence-corrected chi connectivity index (χ3v) is 5.65. The van der Waals surface area contributed by atoms with Gasteiger partial charge in [0.1, 0.15) is 11.8 Å². The van der Waals surface area contributed by atoms with Crippen LogP contribution in [0.2, 0.25) is 5.02 Å². The van der Waals surface area contributed by atoms with Crippen LogP contribution in [0, 0.1) is 22.7 Å². The Balaban J connectivity index is 1.65. The van der Waals surface area contributed by atoms with Crippen molar-refractivity contribution in [2.45, 2.75) is 31.1 Å². The minimum atomic E-state index is -5.01. The van der Waals surface area contributed by atoms with Crippen molar-refractivity contribution in [1.82, 2.24) is 25.4 Å². The van der Waals surface area contributed by atoms with E-state index in [1.165, 1.54) is 24.5 Å². The van der Waals surface area contributed by atoms with Crippen molar-refractivity contribution in [3.05, 3.63) is 80.7 Å². The van der Waals surface area contributed by atoms with E-state index in [1.54, 1.807) is 6.07 Å². The Morgan fingerprint density at radius 2 is 1.89 bits per heavy atom. The smallest absolute Gasteiger partial charge is 0.437 e. The number of hydrazine groups is 1. The van der Waals surface area contributed by atoms with E-state index in [4.69, 9.17) is 26.9 Å². The number of nitriles is 2. The van der Waals surface area contributed by atoms with Crippen LogP contribution in [-0.2, 0) is 17.5 Å². The number of ether oxygens (including phenoxy) is 1. The van der Waals surface area contributed by atoms with Gasteiger partial charge in [-0.05, 0) is 36.2 Å². The maximum absolute atomic E-state index is 13.6. The van der Waals surface area contributed by atoms with Gasteiger partial charge in [0, 0.05) is 30.0 Å². The molecule has 0 aliphatic carbocycles. The first-order valence-corrected chi connectivity index (χ1v) is 10.9. The van der Waals surface area contributed by atoms with Gasteiger partial charge >= 0.3 is 6.18 Å². The van der Waals surface area contributed by atoms with Crippen molar-refractivity contribution in [2.24, 2.45) is 0 Å². The van der Waals surface area contributed by atoms with Gasteiger partial charge in [0.2, 0.25) is 11.7 Å². The zero-order chi connectivity index (χ0) is 26.7. The molecule has 1 saturated heterocycles. The number of aromatic nitrogens is 3. The molecule has 3 heterocycles. The average molecular weight is 530 g/mol. The Labute approximate surface area is 211 Å². The van der Waals surface area contributed by atoms with Crippen LogP contribution in [0.5, 0.6) is 11.5 Å². The molecule has 0 radical (unpaired) electrons. The first kappa shape index (κ1) is 25.6. The van der Waals surface area contributed by atoms with Gasteiger partial charge in [0.25, 0.3) is 5.56 Å². The molecule has 10 nitrogen and oxygen atoms in total. The topological polar surface area (TPSA) is 146 Å². The molecule has 14 heteroatoms. The van der Waals surface area contributed by atoms with Gasteiger partial charge in [-0.1, -0.05) is 11.6 Å². The van der Waals surface area contributed by atoms with Crippen molar-refractivity contribution in [3.63, 3.8) is 0 Å². The molecular formula is C23H15ClF3N7O3. The minimum absolute atomic E-state index is 0.0171. The molecule has 3 aromatic rings. The number of nitrogens with one attached hydrogen (secondary N) is 2. The Morgan fingerprint density at radius 3 is 2.59 bits per heavy atom. The van der Waals surface area contributed by atoms with Crippen molar-refractivity contribution in [3.8, 4) is 23.6 Å². The van der Waals surface area contributed by atoms with Gasteiger partial charge in [-0.2, -0.15) is 23.7 Å². The number of benzene rings is 1. The summed E-state index contributed by atoms with van der Waals surface area (Å²) in [7, 11) is 0. The maximum atomic E-state index is 13.6. The van der Waals surface area contributed by atoms with Crippen LogP contribution in [0.15, 0.2) is 47.8 Å². The van der Waals surface area contributed by atoms with E-state index in [9.17, 15) is 22.8 Å². The van der Waals surface area contributed by atoms with Gasteiger partial charge in [0.15, 0.2) is 5.69 Å². The van der Waals surface area contributed by atoms with Crippen molar-refractivity contribution in [2.75, 3.05) is 0 Å². The zero-order valence-electron chi connectivity index (χ0n) is 18.6. The van der Waals surface area contributed by atoms with Gasteiger partial charge in [-0.3, -0.25) is 24.6 Å². The molecule has 1 amide bonds. The third kappa shape index (κ3) is 5.69. The van der Waals surface area contributed by atoms with Crippen LogP contribution in [0.4, 0.5) is 13.2 Å². The molecular weight excluding hydrogens is 515 g/mol. The summed E-state index contributed by atoms with van der Waals surface area (Å²) in [5.74, 6) is -2.47. The molecule has 1 aliphatic rings. The number of amides is 1. The molecule has 0 spiro atoms. The molecule has 0 bridgehead atoms. The third-order valence-electron chi connectivity index (χ3n) is 5.43. The lowest BCUT2D eigenvalue weighted by molar-refractivity contribution is -0.142. The zero-order valence-corrected chi connectivity index (χ0v) is 19.3. The molecule has 1 fully saturated rings. The predicted octanol–water partition coefficient (Wildman–Crippen LogP) is 3.02. The van der Waals surface area contributed by atoms with Crippen molar-refractivity contribution < 1.29 is 22.7 Å². The highest BCUT2D eigenvalue weighted by Crippen LogP contribution is 2.35. The number of carbonyl (C=O) groups is 1. The van der Waals surface area contributed by atoms with E-state index in [-0.39, 0.29) is 34.9 Å². The fourth-order valence-corrected chi connectivity index (χ4v) is 3.99. The van der Waals surface area contributed by atoms with E-state index < -0.39 is 41.0 Å². The fourth-order valence-electron chi connectivity index (χ4n) is 3.76. The summed E-state index contributed by atoms with van der Waals surface area (Å²) in [6.07, 6.45) is -1.35. The second-order valence-electron chi connectivity index (χ2n) is 8.00. The molecule has 2 N–H and O–H groups in total. The number of hydrogen-bond acceptors (Lipinski definition) is 8. The van der Waals surface area contributed by atoms with Gasteiger partial charge < -0.3 is 4.74 Å². The Hall–Kier alpha value is -4.46. The lowest BCUT2D eigenvalue weighted by Gasteiger charge is -2.30. The molecule has 2 atom stereocenters. The van der Waals surface area contributed by atoms with E-state index >= 15 is 0 Å². The fraction of sp³-hybridized carbons (Fsp3) is 0.217. The summed E-state index contributed by atoms with van der Waals surface area (Å²) < 4.78 is 47.1. The quantitative estimate of drug-likeness (QED) is 0.513. The lowest BCUT2D eigenvalue weighted by atomic mass is 9.90. The predicted molar refractivity (Wildman–Crippen MR) is 121 cm³/mol. The largest absolute Gasteiger partial charge is 0.449 e. The first-order chi connectivity index (χ1) is 17.6. The van der Waals surface area contributed by atoms with Crippen LogP contribution in [0.1, 0.15) is 34.7 Å². The molecule has 2 unspecified atom stereocenters. The highest BCUT2D eigenvalue weighted by atomic mass is 35.5. The van der Waals surface area contributed by atoms with Crippen LogP contribution in [0.25, 0.3) is 0 Å². The molecule has 1 aliphatic heterocycles. The second-order valence-corrected chi connectivity index (χ2v) is 8.44. The van der Waals surface area contributed by atoms with Crippen LogP contribution >= 0.6 is 11.6 Å². The Kier molecular flexibility index (Phi) is 7.11. The van der Waals surface area contributed by atoms with Crippen LogP contribution in [-0.4, -0.2) is 26.5 Å². The molecule has 0 saturated carbocycles. The highest BCUT2D eigenvalue weighted by Gasteiger charge is 2.39. The molecule has 1 aromatic carbocycles. The van der Waals surface area contributed by atoms with Crippen LogP contribution < -0.4 is 21.1 Å². The number of nitrogens with zero attached hydrogens (tertiary/aromatic N) is 5. The van der Waals surface area contributed by atoms with Crippen molar-refractivity contribution >= 4 is 17.5 Å². The van der Waals surface area contributed by atoms with E-state index in [0.29, 0.717) is 5.56 Å². The minimum Gasteiger partial charge on any atom is -0.449 e. The number of halogens is 4. The molecule has 2 aromatic heterocycles. The molecule has 4 rings (SSSR count).